The van der Waals surface area contributed by atoms with Gasteiger partial charge < -0.3 is 4.74 Å². The van der Waals surface area contributed by atoms with Crippen molar-refractivity contribution in [3.63, 3.8) is 0 Å². The molecule has 1 saturated carbocycles. The van der Waals surface area contributed by atoms with Crippen LogP contribution in [0, 0.1) is 5.92 Å². The average Bonchev–Trinajstić information content (AvgIpc) is 2.56. The van der Waals surface area contributed by atoms with Gasteiger partial charge >= 0.3 is 6.18 Å². The third-order valence-corrected chi connectivity index (χ3v) is 5.37. The van der Waals surface area contributed by atoms with E-state index in [1.54, 1.807) is 18.2 Å². The smallest absolute Gasteiger partial charge is 0.420 e. The van der Waals surface area contributed by atoms with Crippen molar-refractivity contribution >= 4 is 26.7 Å². The standard InChI is InChI=1S/C20H22BrF3O/c1-13-2-7-16(8-3-13)25-18-9-6-15-5-4-14(10-11-21)12-17(15)19(18)20(22,23)24/h4-6,9,12-13,16H,2-3,7-8,10-11H2,1H3. The molecule has 5 heteroatoms. The van der Waals surface area contributed by atoms with Crippen LogP contribution in [0.4, 0.5) is 13.2 Å². The Balaban J connectivity index is 2.02. The highest BCUT2D eigenvalue weighted by Crippen LogP contribution is 2.42. The van der Waals surface area contributed by atoms with E-state index in [9.17, 15) is 13.2 Å². The molecule has 0 bridgehead atoms. The number of aryl methyl sites for hydroxylation is 1. The van der Waals surface area contributed by atoms with E-state index in [4.69, 9.17) is 4.74 Å². The van der Waals surface area contributed by atoms with Gasteiger partial charge in [-0.05, 0) is 60.4 Å². The number of alkyl halides is 4. The third kappa shape index (κ3) is 4.30. The van der Waals surface area contributed by atoms with Gasteiger partial charge in [0.25, 0.3) is 0 Å². The Morgan fingerprint density at radius 1 is 1.08 bits per heavy atom. The van der Waals surface area contributed by atoms with Gasteiger partial charge in [-0.2, -0.15) is 13.2 Å². The van der Waals surface area contributed by atoms with Gasteiger partial charge in [-0.3, -0.25) is 0 Å². The largest absolute Gasteiger partial charge is 0.490 e. The second-order valence-corrected chi connectivity index (χ2v) is 7.72. The zero-order valence-electron chi connectivity index (χ0n) is 14.2. The minimum atomic E-state index is -4.44. The van der Waals surface area contributed by atoms with Crippen LogP contribution in [0.3, 0.4) is 0 Å². The predicted octanol–water partition coefficient (Wildman–Crippen LogP) is 6.75. The van der Waals surface area contributed by atoms with Crippen LogP contribution < -0.4 is 4.74 Å². The number of ether oxygens (including phenoxy) is 1. The molecule has 25 heavy (non-hydrogen) atoms. The first-order valence-electron chi connectivity index (χ1n) is 8.74. The Labute approximate surface area is 154 Å². The molecule has 1 aliphatic rings. The molecule has 0 aliphatic heterocycles. The highest BCUT2D eigenvalue weighted by atomic mass is 79.9. The summed E-state index contributed by atoms with van der Waals surface area (Å²) in [4.78, 5) is 0. The van der Waals surface area contributed by atoms with Gasteiger partial charge in [0.05, 0.1) is 6.10 Å². The van der Waals surface area contributed by atoms with Gasteiger partial charge in [0, 0.05) is 5.33 Å². The number of halogens is 4. The molecule has 0 atom stereocenters. The van der Waals surface area contributed by atoms with Crippen molar-refractivity contribution in [1.82, 2.24) is 0 Å². The topological polar surface area (TPSA) is 9.23 Å². The summed E-state index contributed by atoms with van der Waals surface area (Å²) in [5.41, 5.74) is 0.249. The number of hydrogen-bond acceptors (Lipinski definition) is 1. The molecule has 0 N–H and O–H groups in total. The lowest BCUT2D eigenvalue weighted by Crippen LogP contribution is -2.24. The van der Waals surface area contributed by atoms with Gasteiger partial charge in [-0.1, -0.05) is 47.1 Å². The van der Waals surface area contributed by atoms with Gasteiger partial charge in [0.2, 0.25) is 0 Å². The summed E-state index contributed by atoms with van der Waals surface area (Å²) in [6.07, 6.45) is -0.215. The fraction of sp³-hybridized carbons (Fsp3) is 0.500. The Bertz CT molecular complexity index is 734. The van der Waals surface area contributed by atoms with Crippen molar-refractivity contribution in [2.45, 2.75) is 51.3 Å². The van der Waals surface area contributed by atoms with Gasteiger partial charge in [-0.25, -0.2) is 0 Å². The van der Waals surface area contributed by atoms with E-state index >= 15 is 0 Å². The average molecular weight is 415 g/mol. The first kappa shape index (κ1) is 18.6. The fourth-order valence-electron chi connectivity index (χ4n) is 3.53. The Kier molecular flexibility index (Phi) is 5.62. The minimum Gasteiger partial charge on any atom is -0.490 e. The Morgan fingerprint density at radius 2 is 1.76 bits per heavy atom. The SMILES string of the molecule is CC1CCC(Oc2ccc3ccc(CCBr)cc3c2C(F)(F)F)CC1. The summed E-state index contributed by atoms with van der Waals surface area (Å²) in [6, 6.07) is 8.49. The monoisotopic (exact) mass is 414 g/mol. The van der Waals surface area contributed by atoms with Crippen molar-refractivity contribution in [2.24, 2.45) is 5.92 Å². The van der Waals surface area contributed by atoms with E-state index in [2.05, 4.69) is 22.9 Å². The summed E-state index contributed by atoms with van der Waals surface area (Å²) >= 11 is 3.35. The molecule has 2 aromatic carbocycles. The summed E-state index contributed by atoms with van der Waals surface area (Å²) in [6.45, 7) is 2.18. The van der Waals surface area contributed by atoms with Crippen LogP contribution in [-0.2, 0) is 12.6 Å². The molecular weight excluding hydrogens is 393 g/mol. The van der Waals surface area contributed by atoms with Crippen LogP contribution in [0.1, 0.15) is 43.7 Å². The minimum absolute atomic E-state index is 0.0319. The molecule has 0 radical (unpaired) electrons. The zero-order chi connectivity index (χ0) is 18.0. The predicted molar refractivity (Wildman–Crippen MR) is 98.5 cm³/mol. The Morgan fingerprint density at radius 3 is 2.40 bits per heavy atom. The van der Waals surface area contributed by atoms with E-state index < -0.39 is 11.7 Å². The fourth-order valence-corrected chi connectivity index (χ4v) is 3.99. The lowest BCUT2D eigenvalue weighted by Gasteiger charge is -2.28. The molecule has 2 aromatic rings. The molecule has 0 aromatic heterocycles. The van der Waals surface area contributed by atoms with E-state index in [0.717, 1.165) is 36.6 Å². The van der Waals surface area contributed by atoms with Crippen molar-refractivity contribution < 1.29 is 17.9 Å². The van der Waals surface area contributed by atoms with E-state index in [1.807, 2.05) is 6.07 Å². The van der Waals surface area contributed by atoms with Gasteiger partial charge in [0.15, 0.2) is 0 Å². The maximum absolute atomic E-state index is 13.8. The summed E-state index contributed by atoms with van der Waals surface area (Å²) in [5.74, 6) is 0.598. The lowest BCUT2D eigenvalue weighted by molar-refractivity contribution is -0.138. The molecule has 1 fully saturated rings. The number of fused-ring (bicyclic) bond motifs is 1. The maximum atomic E-state index is 13.8. The molecule has 0 spiro atoms. The first-order valence-corrected chi connectivity index (χ1v) is 9.86. The van der Waals surface area contributed by atoms with Crippen LogP contribution in [-0.4, -0.2) is 11.4 Å². The quantitative estimate of drug-likeness (QED) is 0.502. The molecule has 0 heterocycles. The second kappa shape index (κ2) is 7.56. The summed E-state index contributed by atoms with van der Waals surface area (Å²) in [7, 11) is 0. The number of hydrogen-bond donors (Lipinski definition) is 0. The van der Waals surface area contributed by atoms with Crippen molar-refractivity contribution in [3.05, 3.63) is 41.5 Å². The molecule has 0 saturated heterocycles. The molecule has 0 amide bonds. The number of benzene rings is 2. The van der Waals surface area contributed by atoms with Crippen LogP contribution in [0.2, 0.25) is 0 Å². The highest BCUT2D eigenvalue weighted by molar-refractivity contribution is 9.09. The Hall–Kier alpha value is -1.23. The molecule has 1 aliphatic carbocycles. The van der Waals surface area contributed by atoms with Crippen LogP contribution in [0.15, 0.2) is 30.3 Å². The normalized spacial score (nSPS) is 21.5. The first-order chi connectivity index (χ1) is 11.9. The third-order valence-electron chi connectivity index (χ3n) is 4.97. The number of rotatable bonds is 4. The van der Waals surface area contributed by atoms with Crippen LogP contribution in [0.25, 0.3) is 10.8 Å². The van der Waals surface area contributed by atoms with Gasteiger partial charge in [0.1, 0.15) is 11.3 Å². The van der Waals surface area contributed by atoms with E-state index in [1.165, 1.54) is 6.07 Å². The molecular formula is C20H22BrF3O. The highest BCUT2D eigenvalue weighted by Gasteiger charge is 2.37. The molecule has 3 rings (SSSR count). The maximum Gasteiger partial charge on any atom is 0.420 e. The molecule has 1 nitrogen and oxygen atoms in total. The summed E-state index contributed by atoms with van der Waals surface area (Å²) in [5, 5.41) is 1.54. The zero-order valence-corrected chi connectivity index (χ0v) is 15.8. The van der Waals surface area contributed by atoms with Crippen LogP contribution in [0.5, 0.6) is 5.75 Å². The molecule has 0 unspecified atom stereocenters. The van der Waals surface area contributed by atoms with Gasteiger partial charge in [-0.15, -0.1) is 0 Å². The van der Waals surface area contributed by atoms with E-state index in [-0.39, 0.29) is 17.2 Å². The summed E-state index contributed by atoms with van der Waals surface area (Å²) < 4.78 is 47.3. The second-order valence-electron chi connectivity index (χ2n) is 6.93. The van der Waals surface area contributed by atoms with Crippen molar-refractivity contribution in [3.8, 4) is 5.75 Å². The van der Waals surface area contributed by atoms with Crippen molar-refractivity contribution in [2.75, 3.05) is 5.33 Å². The van der Waals surface area contributed by atoms with Crippen molar-refractivity contribution in [1.29, 1.82) is 0 Å². The molecule has 136 valence electrons. The lowest BCUT2D eigenvalue weighted by atomic mass is 9.89. The van der Waals surface area contributed by atoms with Crippen LogP contribution >= 0.6 is 15.9 Å². The van der Waals surface area contributed by atoms with E-state index in [0.29, 0.717) is 17.7 Å².